The molecule has 0 aliphatic carbocycles. The van der Waals surface area contributed by atoms with Gasteiger partial charge in [-0.1, -0.05) is 32.4 Å². The van der Waals surface area contributed by atoms with Gasteiger partial charge in [-0.3, -0.25) is 4.68 Å². The molecule has 90 valence electrons. The first kappa shape index (κ1) is 13.0. The number of aromatic nitrogens is 2. The van der Waals surface area contributed by atoms with Gasteiger partial charge in [0, 0.05) is 11.6 Å². The zero-order valence-electron chi connectivity index (χ0n) is 10.2. The molecule has 1 heterocycles. The SMILES string of the molecule is CC(C)n1nc(C(=O)O)c(C(C)(C)C)c1Cl. The number of carbonyl (C=O) groups is 1. The summed E-state index contributed by atoms with van der Waals surface area (Å²) in [6, 6.07) is 0.0432. The van der Waals surface area contributed by atoms with Crippen LogP contribution in [0.25, 0.3) is 0 Å². The number of nitrogens with zero attached hydrogens (tertiary/aromatic N) is 2. The minimum absolute atomic E-state index is 0.0432. The van der Waals surface area contributed by atoms with Crippen molar-refractivity contribution in [3.05, 3.63) is 16.4 Å². The summed E-state index contributed by atoms with van der Waals surface area (Å²) in [5.41, 5.74) is 0.305. The summed E-state index contributed by atoms with van der Waals surface area (Å²) in [6.45, 7) is 9.60. The maximum atomic E-state index is 11.1. The minimum atomic E-state index is -1.04. The Morgan fingerprint density at radius 3 is 2.19 bits per heavy atom. The Morgan fingerprint density at radius 1 is 1.44 bits per heavy atom. The highest BCUT2D eigenvalue weighted by molar-refractivity contribution is 6.31. The quantitative estimate of drug-likeness (QED) is 0.870. The largest absolute Gasteiger partial charge is 0.476 e. The number of hydrogen-bond donors (Lipinski definition) is 1. The van der Waals surface area contributed by atoms with E-state index in [4.69, 9.17) is 16.7 Å². The zero-order valence-corrected chi connectivity index (χ0v) is 11.0. The van der Waals surface area contributed by atoms with Crippen LogP contribution in [0.3, 0.4) is 0 Å². The first-order chi connectivity index (χ1) is 7.16. The fraction of sp³-hybridized carbons (Fsp3) is 0.636. The van der Waals surface area contributed by atoms with Crippen molar-refractivity contribution in [2.24, 2.45) is 0 Å². The molecule has 0 bridgehead atoms. The third-order valence-electron chi connectivity index (χ3n) is 2.29. The Balaban J connectivity index is 3.51. The topological polar surface area (TPSA) is 55.1 Å². The van der Waals surface area contributed by atoms with Crippen LogP contribution >= 0.6 is 11.6 Å². The van der Waals surface area contributed by atoms with Crippen molar-refractivity contribution < 1.29 is 9.90 Å². The highest BCUT2D eigenvalue weighted by atomic mass is 35.5. The average Bonchev–Trinajstić information content (AvgIpc) is 2.41. The fourth-order valence-corrected chi connectivity index (χ4v) is 2.18. The lowest BCUT2D eigenvalue weighted by atomic mass is 9.87. The molecule has 0 spiro atoms. The zero-order chi connectivity index (χ0) is 12.7. The van der Waals surface area contributed by atoms with E-state index in [2.05, 4.69) is 5.10 Å². The molecule has 1 N–H and O–H groups in total. The van der Waals surface area contributed by atoms with Crippen LogP contribution in [0.2, 0.25) is 5.15 Å². The predicted molar refractivity (Wildman–Crippen MR) is 63.3 cm³/mol. The molecule has 1 rings (SSSR count). The number of carboxylic acids is 1. The summed E-state index contributed by atoms with van der Waals surface area (Å²) >= 11 is 6.19. The highest BCUT2D eigenvalue weighted by Crippen LogP contribution is 2.33. The molecule has 0 atom stereocenters. The number of halogens is 1. The van der Waals surface area contributed by atoms with Crippen LogP contribution in [-0.4, -0.2) is 20.9 Å². The van der Waals surface area contributed by atoms with Gasteiger partial charge in [0.25, 0.3) is 0 Å². The molecular weight excluding hydrogens is 228 g/mol. The van der Waals surface area contributed by atoms with Crippen LogP contribution in [-0.2, 0) is 5.41 Å². The van der Waals surface area contributed by atoms with Crippen LogP contribution in [0, 0.1) is 0 Å². The van der Waals surface area contributed by atoms with Crippen LogP contribution < -0.4 is 0 Å². The third-order valence-corrected chi connectivity index (χ3v) is 2.66. The van der Waals surface area contributed by atoms with E-state index in [1.807, 2.05) is 34.6 Å². The molecule has 0 saturated heterocycles. The molecule has 0 amide bonds. The monoisotopic (exact) mass is 244 g/mol. The Bertz CT molecular complexity index is 416. The third kappa shape index (κ3) is 2.21. The predicted octanol–water partition coefficient (Wildman–Crippen LogP) is 3.11. The van der Waals surface area contributed by atoms with Gasteiger partial charge < -0.3 is 5.11 Å². The number of carboxylic acid groups (broad SMARTS) is 1. The number of hydrogen-bond acceptors (Lipinski definition) is 2. The molecule has 0 aliphatic rings. The van der Waals surface area contributed by atoms with Crippen molar-refractivity contribution in [1.82, 2.24) is 9.78 Å². The fourth-order valence-electron chi connectivity index (χ4n) is 1.57. The average molecular weight is 245 g/mol. The summed E-state index contributed by atoms with van der Waals surface area (Å²) in [6.07, 6.45) is 0. The van der Waals surface area contributed by atoms with Crippen molar-refractivity contribution in [3.63, 3.8) is 0 Å². The molecule has 0 radical (unpaired) electrons. The smallest absolute Gasteiger partial charge is 0.356 e. The van der Waals surface area contributed by atoms with Gasteiger partial charge in [0.1, 0.15) is 5.15 Å². The molecule has 0 unspecified atom stereocenters. The highest BCUT2D eigenvalue weighted by Gasteiger charge is 2.30. The van der Waals surface area contributed by atoms with E-state index in [9.17, 15) is 4.79 Å². The van der Waals surface area contributed by atoms with Gasteiger partial charge in [0.2, 0.25) is 0 Å². The number of aromatic carboxylic acids is 1. The second-order valence-corrected chi connectivity index (χ2v) is 5.47. The second kappa shape index (κ2) is 4.09. The Kier molecular flexibility index (Phi) is 3.33. The first-order valence-electron chi connectivity index (χ1n) is 5.18. The van der Waals surface area contributed by atoms with E-state index in [-0.39, 0.29) is 17.2 Å². The summed E-state index contributed by atoms with van der Waals surface area (Å²) < 4.78 is 1.55. The molecule has 16 heavy (non-hydrogen) atoms. The summed E-state index contributed by atoms with van der Waals surface area (Å²) in [5.74, 6) is -1.04. The van der Waals surface area contributed by atoms with Crippen molar-refractivity contribution in [1.29, 1.82) is 0 Å². The molecular formula is C11H17ClN2O2. The molecule has 1 aromatic rings. The van der Waals surface area contributed by atoms with Crippen molar-refractivity contribution in [3.8, 4) is 0 Å². The van der Waals surface area contributed by atoms with E-state index in [0.29, 0.717) is 10.7 Å². The number of rotatable bonds is 2. The van der Waals surface area contributed by atoms with Crippen LogP contribution in [0.15, 0.2) is 0 Å². The molecule has 0 fully saturated rings. The van der Waals surface area contributed by atoms with Gasteiger partial charge in [0.15, 0.2) is 5.69 Å². The summed E-state index contributed by atoms with van der Waals surface area (Å²) in [4.78, 5) is 11.1. The lowest BCUT2D eigenvalue weighted by Crippen LogP contribution is -2.16. The summed E-state index contributed by atoms with van der Waals surface area (Å²) in [7, 11) is 0. The Hall–Kier alpha value is -1.03. The van der Waals surface area contributed by atoms with Gasteiger partial charge >= 0.3 is 5.97 Å². The first-order valence-corrected chi connectivity index (χ1v) is 5.55. The molecule has 4 nitrogen and oxygen atoms in total. The lowest BCUT2D eigenvalue weighted by Gasteiger charge is -2.18. The Morgan fingerprint density at radius 2 is 1.94 bits per heavy atom. The molecule has 0 aliphatic heterocycles. The van der Waals surface area contributed by atoms with E-state index in [1.54, 1.807) is 4.68 Å². The van der Waals surface area contributed by atoms with Crippen LogP contribution in [0.5, 0.6) is 0 Å². The maximum absolute atomic E-state index is 11.1. The Labute approximate surface area is 100 Å². The molecule has 0 saturated carbocycles. The van der Waals surface area contributed by atoms with Crippen molar-refractivity contribution in [2.45, 2.75) is 46.1 Å². The maximum Gasteiger partial charge on any atom is 0.356 e. The second-order valence-electron chi connectivity index (χ2n) is 5.11. The van der Waals surface area contributed by atoms with Crippen molar-refractivity contribution >= 4 is 17.6 Å². The van der Waals surface area contributed by atoms with Gasteiger partial charge in [-0.2, -0.15) is 5.10 Å². The molecule has 0 aromatic carbocycles. The van der Waals surface area contributed by atoms with E-state index in [0.717, 1.165) is 0 Å². The van der Waals surface area contributed by atoms with Crippen LogP contribution in [0.4, 0.5) is 0 Å². The van der Waals surface area contributed by atoms with Gasteiger partial charge in [-0.25, -0.2) is 4.79 Å². The van der Waals surface area contributed by atoms with E-state index in [1.165, 1.54) is 0 Å². The van der Waals surface area contributed by atoms with Gasteiger partial charge in [-0.05, 0) is 19.3 Å². The van der Waals surface area contributed by atoms with E-state index >= 15 is 0 Å². The summed E-state index contributed by atoms with van der Waals surface area (Å²) in [5, 5.41) is 13.6. The van der Waals surface area contributed by atoms with Gasteiger partial charge in [-0.15, -0.1) is 0 Å². The minimum Gasteiger partial charge on any atom is -0.476 e. The van der Waals surface area contributed by atoms with E-state index < -0.39 is 5.97 Å². The van der Waals surface area contributed by atoms with Gasteiger partial charge in [0.05, 0.1) is 0 Å². The lowest BCUT2D eigenvalue weighted by molar-refractivity contribution is 0.0686. The molecule has 1 aromatic heterocycles. The normalized spacial score (nSPS) is 12.2. The van der Waals surface area contributed by atoms with Crippen LogP contribution in [0.1, 0.15) is 56.7 Å². The van der Waals surface area contributed by atoms with Crippen molar-refractivity contribution in [2.75, 3.05) is 0 Å². The molecule has 5 heteroatoms. The standard InChI is InChI=1S/C11H17ClN2O2/c1-6(2)14-9(12)7(11(3,4)5)8(13-14)10(15)16/h6H,1-5H3,(H,15,16).